The minimum Gasteiger partial charge on any atom is -0.325 e. The van der Waals surface area contributed by atoms with Gasteiger partial charge in [-0.05, 0) is 92.7 Å². The lowest BCUT2D eigenvalue weighted by atomic mass is 9.49. The molecule has 2 aromatic rings. The molecule has 0 saturated heterocycles. The van der Waals surface area contributed by atoms with Gasteiger partial charge in [-0.3, -0.25) is 4.79 Å². The Morgan fingerprint density at radius 2 is 1.88 bits per heavy atom. The van der Waals surface area contributed by atoms with Gasteiger partial charge in [0.1, 0.15) is 5.82 Å². The SMILES string of the molecule is C=CCn1c(CC23CC4CC(CC(C4)C2)C3)nnc1SCC(=O)Nc1cc(C)ccc1C. The van der Waals surface area contributed by atoms with Gasteiger partial charge in [-0.1, -0.05) is 30.0 Å². The normalized spacial score (nSPS) is 28.1. The maximum Gasteiger partial charge on any atom is 0.234 e. The summed E-state index contributed by atoms with van der Waals surface area (Å²) >= 11 is 1.47. The lowest BCUT2D eigenvalue weighted by molar-refractivity contribution is -0.113. The summed E-state index contributed by atoms with van der Waals surface area (Å²) in [5, 5.41) is 13.0. The Balaban J connectivity index is 1.27. The number of hydrogen-bond donors (Lipinski definition) is 1. The van der Waals surface area contributed by atoms with Crippen LogP contribution >= 0.6 is 11.8 Å². The van der Waals surface area contributed by atoms with E-state index >= 15 is 0 Å². The molecular weight excluding hydrogens is 416 g/mol. The Labute approximate surface area is 195 Å². The molecule has 4 saturated carbocycles. The molecule has 1 heterocycles. The Hall–Kier alpha value is -2.08. The van der Waals surface area contributed by atoms with Crippen molar-refractivity contribution in [3.63, 3.8) is 0 Å². The zero-order valence-corrected chi connectivity index (χ0v) is 20.1. The average molecular weight is 451 g/mol. The van der Waals surface area contributed by atoms with Gasteiger partial charge in [0.25, 0.3) is 0 Å². The highest BCUT2D eigenvalue weighted by Gasteiger charge is 2.51. The number of benzene rings is 1. The third-order valence-electron chi connectivity index (χ3n) is 7.80. The van der Waals surface area contributed by atoms with Crippen LogP contribution in [0.1, 0.15) is 55.5 Å². The van der Waals surface area contributed by atoms with Crippen molar-refractivity contribution >= 4 is 23.4 Å². The van der Waals surface area contributed by atoms with Crippen molar-refractivity contribution in [2.45, 2.75) is 70.5 Å². The highest BCUT2D eigenvalue weighted by molar-refractivity contribution is 7.99. The first kappa shape index (κ1) is 21.7. The van der Waals surface area contributed by atoms with E-state index in [-0.39, 0.29) is 5.91 Å². The quantitative estimate of drug-likeness (QED) is 0.422. The molecular formula is C26H34N4OS. The summed E-state index contributed by atoms with van der Waals surface area (Å²) in [6, 6.07) is 6.11. The van der Waals surface area contributed by atoms with E-state index in [9.17, 15) is 4.79 Å². The van der Waals surface area contributed by atoms with E-state index in [0.717, 1.165) is 52.0 Å². The summed E-state index contributed by atoms with van der Waals surface area (Å²) in [4.78, 5) is 12.6. The molecule has 4 bridgehead atoms. The van der Waals surface area contributed by atoms with Crippen LogP contribution in [0, 0.1) is 37.0 Å². The van der Waals surface area contributed by atoms with Crippen molar-refractivity contribution in [2.75, 3.05) is 11.1 Å². The minimum atomic E-state index is -0.0144. The second kappa shape index (κ2) is 8.69. The van der Waals surface area contributed by atoms with Crippen LogP contribution < -0.4 is 5.32 Å². The summed E-state index contributed by atoms with van der Waals surface area (Å²) in [7, 11) is 0. The Morgan fingerprint density at radius 3 is 2.53 bits per heavy atom. The molecule has 0 radical (unpaired) electrons. The maximum atomic E-state index is 12.6. The highest BCUT2D eigenvalue weighted by atomic mass is 32.2. The average Bonchev–Trinajstić information content (AvgIpc) is 3.09. The Morgan fingerprint density at radius 1 is 1.19 bits per heavy atom. The topological polar surface area (TPSA) is 59.8 Å². The fourth-order valence-electron chi connectivity index (χ4n) is 6.90. The molecule has 0 aliphatic heterocycles. The molecule has 0 spiro atoms. The molecule has 4 aliphatic rings. The first-order valence-electron chi connectivity index (χ1n) is 12.0. The molecule has 6 rings (SSSR count). The van der Waals surface area contributed by atoms with E-state index in [1.807, 2.05) is 32.1 Å². The molecule has 1 aromatic heterocycles. The number of thioether (sulfide) groups is 1. The fourth-order valence-corrected chi connectivity index (χ4v) is 7.66. The first-order chi connectivity index (χ1) is 15.4. The van der Waals surface area contributed by atoms with Gasteiger partial charge in [-0.2, -0.15) is 0 Å². The predicted octanol–water partition coefficient (Wildman–Crippen LogP) is 5.57. The van der Waals surface area contributed by atoms with Crippen molar-refractivity contribution in [1.82, 2.24) is 14.8 Å². The molecule has 0 atom stereocenters. The zero-order valence-electron chi connectivity index (χ0n) is 19.3. The molecule has 6 heteroatoms. The standard InChI is InChI=1S/C26H34N4OS/c1-4-7-30-23(15-26-12-19-9-20(13-26)11-21(10-19)14-26)28-29-25(30)32-16-24(31)27-22-8-17(2)5-6-18(22)3/h4-6,8,19-21H,1,7,9-16H2,2-3H3,(H,27,31). The van der Waals surface area contributed by atoms with Gasteiger partial charge in [-0.25, -0.2) is 0 Å². The lowest BCUT2D eigenvalue weighted by Crippen LogP contribution is -2.47. The van der Waals surface area contributed by atoms with Crippen molar-refractivity contribution < 1.29 is 4.79 Å². The fraction of sp³-hybridized carbons (Fsp3) is 0.577. The first-order valence-corrected chi connectivity index (χ1v) is 12.9. The number of anilines is 1. The van der Waals surface area contributed by atoms with Crippen LogP contribution in [0.2, 0.25) is 0 Å². The van der Waals surface area contributed by atoms with Gasteiger partial charge in [0.2, 0.25) is 5.91 Å². The van der Waals surface area contributed by atoms with Gasteiger partial charge in [0.15, 0.2) is 5.16 Å². The van der Waals surface area contributed by atoms with E-state index in [4.69, 9.17) is 0 Å². The van der Waals surface area contributed by atoms with Crippen LogP contribution in [0.3, 0.4) is 0 Å². The van der Waals surface area contributed by atoms with Crippen LogP contribution in [0.4, 0.5) is 5.69 Å². The number of carbonyl (C=O) groups excluding carboxylic acids is 1. The van der Waals surface area contributed by atoms with Crippen molar-refractivity contribution in [2.24, 2.45) is 23.2 Å². The highest BCUT2D eigenvalue weighted by Crippen LogP contribution is 2.61. The summed E-state index contributed by atoms with van der Waals surface area (Å²) in [5.41, 5.74) is 3.51. The van der Waals surface area contributed by atoms with Crippen LogP contribution in [-0.4, -0.2) is 26.4 Å². The molecule has 4 aliphatic carbocycles. The molecule has 1 amide bonds. The van der Waals surface area contributed by atoms with E-state index in [2.05, 4.69) is 32.7 Å². The molecule has 1 aromatic carbocycles. The molecule has 170 valence electrons. The third kappa shape index (κ3) is 4.39. The van der Waals surface area contributed by atoms with Crippen molar-refractivity contribution in [3.8, 4) is 0 Å². The van der Waals surface area contributed by atoms with E-state index < -0.39 is 0 Å². The second-order valence-electron chi connectivity index (χ2n) is 10.5. The van der Waals surface area contributed by atoms with Crippen LogP contribution in [0.25, 0.3) is 0 Å². The number of carbonyl (C=O) groups is 1. The molecule has 1 N–H and O–H groups in total. The summed E-state index contributed by atoms with van der Waals surface area (Å²) in [6.07, 6.45) is 11.4. The van der Waals surface area contributed by atoms with Gasteiger partial charge < -0.3 is 9.88 Å². The summed E-state index contributed by atoms with van der Waals surface area (Å²) < 4.78 is 2.18. The van der Waals surface area contributed by atoms with Crippen molar-refractivity contribution in [3.05, 3.63) is 47.8 Å². The third-order valence-corrected chi connectivity index (χ3v) is 8.77. The van der Waals surface area contributed by atoms with Gasteiger partial charge in [0.05, 0.1) is 5.75 Å². The number of amides is 1. The molecule has 32 heavy (non-hydrogen) atoms. The molecule has 5 nitrogen and oxygen atoms in total. The number of hydrogen-bond acceptors (Lipinski definition) is 4. The summed E-state index contributed by atoms with van der Waals surface area (Å²) in [6.45, 7) is 8.69. The monoisotopic (exact) mass is 450 g/mol. The number of allylic oxidation sites excluding steroid dienone is 1. The van der Waals surface area contributed by atoms with Gasteiger partial charge in [-0.15, -0.1) is 16.8 Å². The second-order valence-corrected chi connectivity index (χ2v) is 11.5. The lowest BCUT2D eigenvalue weighted by Gasteiger charge is -2.56. The van der Waals surface area contributed by atoms with Crippen molar-refractivity contribution in [1.29, 1.82) is 0 Å². The number of aromatic nitrogens is 3. The van der Waals surface area contributed by atoms with Gasteiger partial charge in [0, 0.05) is 18.7 Å². The van der Waals surface area contributed by atoms with E-state index in [1.165, 1.54) is 50.3 Å². The van der Waals surface area contributed by atoms with E-state index in [0.29, 0.717) is 17.7 Å². The Kier molecular flexibility index (Phi) is 5.91. The number of rotatable bonds is 8. The molecule has 0 unspecified atom stereocenters. The largest absolute Gasteiger partial charge is 0.325 e. The van der Waals surface area contributed by atoms with Crippen LogP contribution in [-0.2, 0) is 17.8 Å². The number of nitrogens with one attached hydrogen (secondary N) is 1. The predicted molar refractivity (Wildman–Crippen MR) is 130 cm³/mol. The summed E-state index contributed by atoms with van der Waals surface area (Å²) in [5.74, 6) is 4.17. The number of nitrogens with zero attached hydrogens (tertiary/aromatic N) is 3. The smallest absolute Gasteiger partial charge is 0.234 e. The van der Waals surface area contributed by atoms with Crippen LogP contribution in [0.5, 0.6) is 0 Å². The Bertz CT molecular complexity index is 992. The molecule has 4 fully saturated rings. The zero-order chi connectivity index (χ0) is 22.3. The van der Waals surface area contributed by atoms with E-state index in [1.54, 1.807) is 0 Å². The maximum absolute atomic E-state index is 12.6. The van der Waals surface area contributed by atoms with Crippen LogP contribution in [0.15, 0.2) is 36.0 Å². The van der Waals surface area contributed by atoms with Gasteiger partial charge >= 0.3 is 0 Å². The number of aryl methyl sites for hydroxylation is 2. The minimum absolute atomic E-state index is 0.0144.